The van der Waals surface area contributed by atoms with Crippen molar-refractivity contribution < 1.29 is 23.8 Å². The van der Waals surface area contributed by atoms with Crippen LogP contribution in [0.5, 0.6) is 0 Å². The average Bonchev–Trinajstić information content (AvgIpc) is 3.34. The molecule has 1 unspecified atom stereocenters. The Kier molecular flexibility index (Phi) is 55.9. The Morgan fingerprint density at radius 1 is 0.338 bits per heavy atom. The van der Waals surface area contributed by atoms with Crippen molar-refractivity contribution in [3.63, 3.8) is 0 Å². The third-order valence-electron chi connectivity index (χ3n) is 12.4. The maximum Gasteiger partial charge on any atom is 0.306 e. The van der Waals surface area contributed by atoms with Crippen LogP contribution in [0.2, 0.25) is 0 Å². The Labute approximate surface area is 422 Å². The van der Waals surface area contributed by atoms with Crippen molar-refractivity contribution in [2.24, 2.45) is 0 Å². The number of allylic oxidation sites excluding steroid dienone is 14. The molecule has 0 aliphatic rings. The minimum Gasteiger partial charge on any atom is -0.462 e. The zero-order valence-electron chi connectivity index (χ0n) is 45.1. The molecule has 0 saturated carbocycles. The smallest absolute Gasteiger partial charge is 0.306 e. The summed E-state index contributed by atoms with van der Waals surface area (Å²) >= 11 is 0. The Balaban J connectivity index is 4.37. The minimum absolute atomic E-state index is 0.0437. The summed E-state index contributed by atoms with van der Waals surface area (Å²) < 4.78 is 17.4. The van der Waals surface area contributed by atoms with E-state index in [2.05, 4.69) is 99.8 Å². The fourth-order valence-corrected chi connectivity index (χ4v) is 8.12. The van der Waals surface area contributed by atoms with Gasteiger partial charge in [0, 0.05) is 19.4 Å². The Morgan fingerprint density at radius 2 is 0.691 bits per heavy atom. The van der Waals surface area contributed by atoms with Crippen LogP contribution in [-0.2, 0) is 23.8 Å². The van der Waals surface area contributed by atoms with Gasteiger partial charge in [0.05, 0.1) is 6.61 Å². The molecule has 0 radical (unpaired) electrons. The molecule has 0 amide bonds. The number of carbonyl (C=O) groups excluding carboxylic acids is 2. The van der Waals surface area contributed by atoms with Gasteiger partial charge in [-0.2, -0.15) is 0 Å². The van der Waals surface area contributed by atoms with Gasteiger partial charge in [-0.1, -0.05) is 266 Å². The molecular formula is C63H110O5. The highest BCUT2D eigenvalue weighted by Gasteiger charge is 2.17. The maximum atomic E-state index is 12.9. The SMILES string of the molecule is CC/C=C\C/C=C\C/C=C\C/C=C\C/C=C\C/C=C\CCC(=O)OCC(COCCCCCCCCCC/C=C\CCCCCCCC)OC(=O)CCCCCCCCCCCCCCCCC. The quantitative estimate of drug-likeness (QED) is 0.0345. The van der Waals surface area contributed by atoms with Crippen LogP contribution in [0.25, 0.3) is 0 Å². The van der Waals surface area contributed by atoms with Crippen LogP contribution in [0, 0.1) is 0 Å². The van der Waals surface area contributed by atoms with Gasteiger partial charge >= 0.3 is 11.9 Å². The van der Waals surface area contributed by atoms with Crippen LogP contribution in [-0.4, -0.2) is 37.9 Å². The average molecular weight is 948 g/mol. The molecule has 0 aromatic rings. The van der Waals surface area contributed by atoms with Crippen molar-refractivity contribution in [3.05, 3.63) is 85.1 Å². The van der Waals surface area contributed by atoms with Gasteiger partial charge < -0.3 is 14.2 Å². The zero-order valence-corrected chi connectivity index (χ0v) is 45.1. The molecule has 0 heterocycles. The van der Waals surface area contributed by atoms with E-state index in [1.165, 1.54) is 173 Å². The summed E-state index contributed by atoms with van der Waals surface area (Å²) in [4.78, 5) is 25.5. The number of hydrogen-bond donors (Lipinski definition) is 0. The van der Waals surface area contributed by atoms with Crippen molar-refractivity contribution in [3.8, 4) is 0 Å². The van der Waals surface area contributed by atoms with Gasteiger partial charge in [0.2, 0.25) is 0 Å². The fraction of sp³-hybridized carbons (Fsp3) is 0.746. The first-order valence-electron chi connectivity index (χ1n) is 29.1. The lowest BCUT2D eigenvalue weighted by Gasteiger charge is -2.18. The van der Waals surface area contributed by atoms with Crippen LogP contribution >= 0.6 is 0 Å². The largest absolute Gasteiger partial charge is 0.462 e. The third-order valence-corrected chi connectivity index (χ3v) is 12.4. The van der Waals surface area contributed by atoms with Crippen LogP contribution in [0.4, 0.5) is 0 Å². The van der Waals surface area contributed by atoms with Gasteiger partial charge in [-0.25, -0.2) is 0 Å². The monoisotopic (exact) mass is 947 g/mol. The molecular weight excluding hydrogens is 837 g/mol. The zero-order chi connectivity index (χ0) is 49.2. The van der Waals surface area contributed by atoms with Crippen LogP contribution in [0.3, 0.4) is 0 Å². The highest BCUT2D eigenvalue weighted by molar-refractivity contribution is 5.70. The van der Waals surface area contributed by atoms with Gasteiger partial charge in [0.1, 0.15) is 6.61 Å². The van der Waals surface area contributed by atoms with E-state index < -0.39 is 6.10 Å². The van der Waals surface area contributed by atoms with Crippen LogP contribution in [0.15, 0.2) is 85.1 Å². The van der Waals surface area contributed by atoms with Crippen molar-refractivity contribution in [1.29, 1.82) is 0 Å². The molecule has 0 fully saturated rings. The molecule has 5 heteroatoms. The van der Waals surface area contributed by atoms with Crippen molar-refractivity contribution in [1.82, 2.24) is 0 Å². The third kappa shape index (κ3) is 55.7. The number of carbonyl (C=O) groups is 2. The number of rotatable bonds is 53. The number of hydrogen-bond acceptors (Lipinski definition) is 5. The van der Waals surface area contributed by atoms with Crippen molar-refractivity contribution in [2.45, 2.75) is 284 Å². The molecule has 392 valence electrons. The Hall–Kier alpha value is -2.92. The first-order valence-corrected chi connectivity index (χ1v) is 29.1. The highest BCUT2D eigenvalue weighted by Crippen LogP contribution is 2.15. The second kappa shape index (κ2) is 58.4. The Morgan fingerprint density at radius 3 is 1.12 bits per heavy atom. The lowest BCUT2D eigenvalue weighted by Crippen LogP contribution is -2.30. The molecule has 68 heavy (non-hydrogen) atoms. The van der Waals surface area contributed by atoms with Crippen LogP contribution in [0.1, 0.15) is 278 Å². The molecule has 0 aromatic heterocycles. The predicted molar refractivity (Wildman–Crippen MR) is 297 cm³/mol. The molecule has 5 nitrogen and oxygen atoms in total. The van der Waals surface area contributed by atoms with E-state index in [-0.39, 0.29) is 25.2 Å². The van der Waals surface area contributed by atoms with E-state index >= 15 is 0 Å². The maximum absolute atomic E-state index is 12.9. The van der Waals surface area contributed by atoms with E-state index in [1.807, 2.05) is 6.08 Å². The molecule has 0 aliphatic heterocycles. The topological polar surface area (TPSA) is 61.8 Å². The molecule has 0 aromatic carbocycles. The second-order valence-electron chi connectivity index (χ2n) is 19.2. The van der Waals surface area contributed by atoms with E-state index in [1.54, 1.807) is 0 Å². The molecule has 0 aliphatic carbocycles. The molecule has 1 atom stereocenters. The van der Waals surface area contributed by atoms with Crippen molar-refractivity contribution in [2.75, 3.05) is 19.8 Å². The Bertz CT molecular complexity index is 1250. The van der Waals surface area contributed by atoms with Gasteiger partial charge in [-0.05, 0) is 83.5 Å². The van der Waals surface area contributed by atoms with Gasteiger partial charge in [-0.15, -0.1) is 0 Å². The summed E-state index contributed by atoms with van der Waals surface area (Å²) in [6.07, 6.45) is 77.6. The van der Waals surface area contributed by atoms with E-state index in [4.69, 9.17) is 14.2 Å². The van der Waals surface area contributed by atoms with Crippen LogP contribution < -0.4 is 0 Å². The number of unbranched alkanes of at least 4 members (excludes halogenated alkanes) is 28. The summed E-state index contributed by atoms with van der Waals surface area (Å²) in [7, 11) is 0. The minimum atomic E-state index is -0.570. The first-order chi connectivity index (χ1) is 33.6. The van der Waals surface area contributed by atoms with Gasteiger partial charge in [0.15, 0.2) is 6.10 Å². The summed E-state index contributed by atoms with van der Waals surface area (Å²) in [6, 6.07) is 0. The summed E-state index contributed by atoms with van der Waals surface area (Å²) in [5, 5.41) is 0. The van der Waals surface area contributed by atoms with Gasteiger partial charge in [-0.3, -0.25) is 9.59 Å². The first kappa shape index (κ1) is 65.1. The standard InChI is InChI=1S/C63H110O5/c1-4-7-10-13-16-19-22-25-28-30-32-33-36-38-41-44-47-50-53-56-62(64)67-60-61(68-63(65)57-54-51-48-45-42-39-35-27-24-21-18-15-12-9-6-3)59-66-58-55-52-49-46-43-40-37-34-31-29-26-23-20-17-14-11-8-5-2/h7,10,16,19,25-26,28-29,32-33,38,41,47,50,61H,4-6,8-9,11-15,17-18,20-24,27,30-31,34-37,39-40,42-46,48-49,51-60H2,1-3H3/b10-7-,19-16-,28-25-,29-26-,33-32-,41-38-,50-47-. The molecule has 0 bridgehead atoms. The highest BCUT2D eigenvalue weighted by atomic mass is 16.6. The fourth-order valence-electron chi connectivity index (χ4n) is 8.12. The van der Waals surface area contributed by atoms with E-state index in [9.17, 15) is 9.59 Å². The molecule has 0 saturated heterocycles. The molecule has 0 spiro atoms. The number of esters is 2. The summed E-state index contributed by atoms with van der Waals surface area (Å²) in [5.41, 5.74) is 0. The second-order valence-corrected chi connectivity index (χ2v) is 19.2. The number of ether oxygens (including phenoxy) is 3. The summed E-state index contributed by atoms with van der Waals surface area (Å²) in [5.74, 6) is -0.487. The van der Waals surface area contributed by atoms with Crippen molar-refractivity contribution >= 4 is 11.9 Å². The van der Waals surface area contributed by atoms with E-state index in [0.717, 1.165) is 64.2 Å². The molecule has 0 N–H and O–H groups in total. The summed E-state index contributed by atoms with van der Waals surface area (Å²) in [6.45, 7) is 7.66. The molecule has 0 rings (SSSR count). The normalized spacial score (nSPS) is 12.8. The van der Waals surface area contributed by atoms with Gasteiger partial charge in [0.25, 0.3) is 0 Å². The van der Waals surface area contributed by atoms with E-state index in [0.29, 0.717) is 25.9 Å². The predicted octanol–water partition coefficient (Wildman–Crippen LogP) is 20.0. The lowest BCUT2D eigenvalue weighted by atomic mass is 10.0. The lowest BCUT2D eigenvalue weighted by molar-refractivity contribution is -0.162.